The third-order valence-corrected chi connectivity index (χ3v) is 6.46. The quantitative estimate of drug-likeness (QED) is 0.897. The molecule has 1 saturated heterocycles. The lowest BCUT2D eigenvalue weighted by Crippen LogP contribution is -2.53. The molecule has 2 aliphatic carbocycles. The van der Waals surface area contributed by atoms with E-state index < -0.39 is 0 Å². The van der Waals surface area contributed by atoms with Crippen LogP contribution in [0.15, 0.2) is 18.6 Å². The first-order valence-electron chi connectivity index (χ1n) is 10.3. The molecule has 0 spiro atoms. The Morgan fingerprint density at radius 1 is 0.962 bits per heavy atom. The Morgan fingerprint density at radius 2 is 1.69 bits per heavy atom. The van der Waals surface area contributed by atoms with Crippen molar-refractivity contribution in [1.82, 2.24) is 19.8 Å². The van der Waals surface area contributed by atoms with Crippen molar-refractivity contribution in [2.24, 2.45) is 5.92 Å². The SMILES string of the molecule is O=C(C1CCC(Nc2cnccn2)CC1)N1CCN(C2CCCC2)CC1. The lowest BCUT2D eigenvalue weighted by atomic mass is 9.85. The summed E-state index contributed by atoms with van der Waals surface area (Å²) < 4.78 is 0. The molecule has 1 aliphatic heterocycles. The van der Waals surface area contributed by atoms with E-state index in [-0.39, 0.29) is 5.92 Å². The molecule has 1 aromatic rings. The van der Waals surface area contributed by atoms with Crippen molar-refractivity contribution >= 4 is 11.7 Å². The maximum atomic E-state index is 12.9. The predicted molar refractivity (Wildman–Crippen MR) is 102 cm³/mol. The van der Waals surface area contributed by atoms with Crippen molar-refractivity contribution < 1.29 is 4.79 Å². The van der Waals surface area contributed by atoms with Gasteiger partial charge in [-0.05, 0) is 38.5 Å². The number of anilines is 1. The van der Waals surface area contributed by atoms with Crippen LogP contribution in [0.3, 0.4) is 0 Å². The topological polar surface area (TPSA) is 61.4 Å². The number of rotatable bonds is 4. The molecule has 142 valence electrons. The van der Waals surface area contributed by atoms with Crippen molar-refractivity contribution in [3.8, 4) is 0 Å². The van der Waals surface area contributed by atoms with E-state index in [4.69, 9.17) is 0 Å². The fourth-order valence-electron chi connectivity index (χ4n) is 4.90. The van der Waals surface area contributed by atoms with Crippen LogP contribution in [0.5, 0.6) is 0 Å². The Labute approximate surface area is 156 Å². The second kappa shape index (κ2) is 8.33. The van der Waals surface area contributed by atoms with Crippen molar-refractivity contribution in [2.75, 3.05) is 31.5 Å². The molecule has 4 rings (SSSR count). The normalized spacial score (nSPS) is 28.2. The molecule has 0 atom stereocenters. The minimum Gasteiger partial charge on any atom is -0.366 e. The number of carbonyl (C=O) groups is 1. The number of hydrogen-bond donors (Lipinski definition) is 1. The fraction of sp³-hybridized carbons (Fsp3) is 0.750. The lowest BCUT2D eigenvalue weighted by molar-refractivity contribution is -0.138. The number of hydrogen-bond acceptors (Lipinski definition) is 5. The first kappa shape index (κ1) is 17.7. The van der Waals surface area contributed by atoms with Gasteiger partial charge in [0, 0.05) is 56.6 Å². The van der Waals surface area contributed by atoms with Crippen LogP contribution in [0.1, 0.15) is 51.4 Å². The van der Waals surface area contributed by atoms with Gasteiger partial charge in [-0.1, -0.05) is 12.8 Å². The minimum atomic E-state index is 0.216. The second-order valence-corrected chi connectivity index (χ2v) is 8.08. The molecule has 0 radical (unpaired) electrons. The van der Waals surface area contributed by atoms with Gasteiger partial charge in [0.15, 0.2) is 0 Å². The lowest BCUT2D eigenvalue weighted by Gasteiger charge is -2.40. The Morgan fingerprint density at radius 3 is 2.35 bits per heavy atom. The zero-order valence-corrected chi connectivity index (χ0v) is 15.6. The average molecular weight is 358 g/mol. The standard InChI is InChI=1S/C20H31N5O/c26-20(25-13-11-24(12-14-25)18-3-1-2-4-18)16-5-7-17(8-6-16)23-19-15-21-9-10-22-19/h9-10,15-18H,1-8,11-14H2,(H,22,23). The van der Waals surface area contributed by atoms with Crippen LogP contribution in [-0.2, 0) is 4.79 Å². The highest BCUT2D eigenvalue weighted by Gasteiger charge is 2.32. The molecule has 0 unspecified atom stereocenters. The zero-order valence-electron chi connectivity index (χ0n) is 15.6. The molecular weight excluding hydrogens is 326 g/mol. The molecule has 0 bridgehead atoms. The Kier molecular flexibility index (Phi) is 5.68. The van der Waals surface area contributed by atoms with Crippen LogP contribution < -0.4 is 5.32 Å². The van der Waals surface area contributed by atoms with Gasteiger partial charge in [0.2, 0.25) is 5.91 Å². The molecule has 6 nitrogen and oxygen atoms in total. The first-order valence-corrected chi connectivity index (χ1v) is 10.3. The molecule has 0 aromatic carbocycles. The average Bonchev–Trinajstić information content (AvgIpc) is 3.24. The molecule has 3 aliphatic rings. The first-order chi connectivity index (χ1) is 12.8. The third-order valence-electron chi connectivity index (χ3n) is 6.46. The van der Waals surface area contributed by atoms with Gasteiger partial charge in [-0.15, -0.1) is 0 Å². The van der Waals surface area contributed by atoms with E-state index in [0.29, 0.717) is 11.9 Å². The summed E-state index contributed by atoms with van der Waals surface area (Å²) in [6.07, 6.45) is 14.7. The maximum Gasteiger partial charge on any atom is 0.225 e. The number of nitrogens with zero attached hydrogens (tertiary/aromatic N) is 4. The molecule has 1 aromatic heterocycles. The molecule has 2 heterocycles. The van der Waals surface area contributed by atoms with Crippen LogP contribution in [0.25, 0.3) is 0 Å². The van der Waals surface area contributed by atoms with Crippen LogP contribution in [0.4, 0.5) is 5.82 Å². The largest absolute Gasteiger partial charge is 0.366 e. The molecule has 3 fully saturated rings. The highest BCUT2D eigenvalue weighted by atomic mass is 16.2. The predicted octanol–water partition coefficient (Wildman–Crippen LogP) is 2.53. The summed E-state index contributed by atoms with van der Waals surface area (Å²) in [4.78, 5) is 26.1. The minimum absolute atomic E-state index is 0.216. The summed E-state index contributed by atoms with van der Waals surface area (Å²) in [5.74, 6) is 1.45. The summed E-state index contributed by atoms with van der Waals surface area (Å²) in [5.41, 5.74) is 0. The van der Waals surface area contributed by atoms with E-state index in [0.717, 1.165) is 63.7 Å². The zero-order chi connectivity index (χ0) is 17.8. The summed E-state index contributed by atoms with van der Waals surface area (Å²) in [6, 6.07) is 1.20. The Bertz CT molecular complexity index is 573. The van der Waals surface area contributed by atoms with Gasteiger partial charge in [0.25, 0.3) is 0 Å². The van der Waals surface area contributed by atoms with Crippen LogP contribution in [0, 0.1) is 5.92 Å². The smallest absolute Gasteiger partial charge is 0.225 e. The van der Waals surface area contributed by atoms with E-state index in [9.17, 15) is 4.79 Å². The monoisotopic (exact) mass is 357 g/mol. The van der Waals surface area contributed by atoms with Gasteiger partial charge in [-0.25, -0.2) is 4.98 Å². The maximum absolute atomic E-state index is 12.9. The van der Waals surface area contributed by atoms with E-state index in [2.05, 4.69) is 25.1 Å². The van der Waals surface area contributed by atoms with Crippen molar-refractivity contribution in [3.63, 3.8) is 0 Å². The molecular formula is C20H31N5O. The highest BCUT2D eigenvalue weighted by Crippen LogP contribution is 2.29. The van der Waals surface area contributed by atoms with Crippen molar-refractivity contribution in [2.45, 2.75) is 63.5 Å². The fourth-order valence-corrected chi connectivity index (χ4v) is 4.90. The molecule has 26 heavy (non-hydrogen) atoms. The van der Waals surface area contributed by atoms with Crippen LogP contribution >= 0.6 is 0 Å². The highest BCUT2D eigenvalue weighted by molar-refractivity contribution is 5.79. The number of carbonyl (C=O) groups excluding carboxylic acids is 1. The molecule has 1 amide bonds. The Balaban J connectivity index is 1.21. The van der Waals surface area contributed by atoms with E-state index >= 15 is 0 Å². The summed E-state index contributed by atoms with van der Waals surface area (Å²) in [6.45, 7) is 3.99. The van der Waals surface area contributed by atoms with Gasteiger partial charge in [0.1, 0.15) is 5.82 Å². The van der Waals surface area contributed by atoms with Gasteiger partial charge < -0.3 is 10.2 Å². The van der Waals surface area contributed by atoms with Gasteiger partial charge >= 0.3 is 0 Å². The molecule has 6 heteroatoms. The summed E-state index contributed by atoms with van der Waals surface area (Å²) in [5, 5.41) is 3.45. The van der Waals surface area contributed by atoms with E-state index in [1.807, 2.05) is 0 Å². The Hall–Kier alpha value is -1.69. The number of nitrogens with one attached hydrogen (secondary N) is 1. The van der Waals surface area contributed by atoms with E-state index in [1.165, 1.54) is 25.7 Å². The number of piperazine rings is 1. The number of aromatic nitrogens is 2. The van der Waals surface area contributed by atoms with Gasteiger partial charge in [0.05, 0.1) is 6.20 Å². The van der Waals surface area contributed by atoms with Crippen molar-refractivity contribution in [1.29, 1.82) is 0 Å². The molecule has 2 saturated carbocycles. The summed E-state index contributed by atoms with van der Waals surface area (Å²) in [7, 11) is 0. The van der Waals surface area contributed by atoms with Crippen molar-refractivity contribution in [3.05, 3.63) is 18.6 Å². The van der Waals surface area contributed by atoms with Gasteiger partial charge in [-0.2, -0.15) is 0 Å². The van der Waals surface area contributed by atoms with Crippen LogP contribution in [-0.4, -0.2) is 63.9 Å². The summed E-state index contributed by atoms with van der Waals surface area (Å²) >= 11 is 0. The second-order valence-electron chi connectivity index (χ2n) is 8.08. The third kappa shape index (κ3) is 4.17. The number of amides is 1. The van der Waals surface area contributed by atoms with Crippen LogP contribution in [0.2, 0.25) is 0 Å². The van der Waals surface area contributed by atoms with E-state index in [1.54, 1.807) is 18.6 Å². The van der Waals surface area contributed by atoms with Gasteiger partial charge in [-0.3, -0.25) is 14.7 Å². The molecule has 1 N–H and O–H groups in total.